The van der Waals surface area contributed by atoms with E-state index < -0.39 is 5.54 Å². The van der Waals surface area contributed by atoms with Gasteiger partial charge in [-0.15, -0.1) is 0 Å². The minimum absolute atomic E-state index is 0.105. The number of nitrogens with zero attached hydrogens (tertiary/aromatic N) is 3. The summed E-state index contributed by atoms with van der Waals surface area (Å²) in [6, 6.07) is 6.90. The third-order valence-electron chi connectivity index (χ3n) is 3.53. The minimum atomic E-state index is -0.402. The molecule has 1 aromatic carbocycles. The van der Waals surface area contributed by atoms with Crippen LogP contribution in [0.1, 0.15) is 20.8 Å². The number of hydrogen-bond donors (Lipinski definition) is 3. The monoisotopic (exact) mass is 448 g/mol. The first-order valence-corrected chi connectivity index (χ1v) is 9.27. The Balaban J connectivity index is 2.16. The number of carbonyl (C=O) groups is 1. The number of nitrogens with two attached hydrogens (primary N) is 1. The Labute approximate surface area is 169 Å². The normalized spacial score (nSPS) is 11.4. The molecule has 0 aliphatic carbocycles. The highest BCUT2D eigenvalue weighted by molar-refractivity contribution is 9.10. The molecule has 0 unspecified atom stereocenters. The molecular formula is C18H18BrClN6O. The molecule has 9 heteroatoms. The van der Waals surface area contributed by atoms with Crippen LogP contribution in [-0.4, -0.2) is 26.5 Å². The zero-order valence-electron chi connectivity index (χ0n) is 15.0. The van der Waals surface area contributed by atoms with E-state index in [4.69, 9.17) is 17.3 Å². The number of nitrogen functional groups attached to an aromatic ring is 1. The Hall–Kier alpha value is -2.45. The average Bonchev–Trinajstić information content (AvgIpc) is 2.54. The van der Waals surface area contributed by atoms with Gasteiger partial charge >= 0.3 is 6.03 Å². The van der Waals surface area contributed by atoms with Gasteiger partial charge in [0.05, 0.1) is 0 Å². The van der Waals surface area contributed by atoms with Crippen molar-refractivity contribution in [2.24, 2.45) is 0 Å². The molecule has 0 spiro atoms. The quantitative estimate of drug-likeness (QED) is 0.530. The Morgan fingerprint density at radius 1 is 1.19 bits per heavy atom. The van der Waals surface area contributed by atoms with E-state index in [0.29, 0.717) is 33.0 Å². The number of benzene rings is 1. The second-order valence-corrected chi connectivity index (χ2v) is 8.30. The molecule has 27 heavy (non-hydrogen) atoms. The first-order chi connectivity index (χ1) is 12.6. The summed E-state index contributed by atoms with van der Waals surface area (Å²) in [6.45, 7) is 5.67. The molecular weight excluding hydrogens is 432 g/mol. The maximum Gasteiger partial charge on any atom is 0.320 e. The predicted molar refractivity (Wildman–Crippen MR) is 112 cm³/mol. The Kier molecular flexibility index (Phi) is 5.21. The first-order valence-electron chi connectivity index (χ1n) is 8.10. The van der Waals surface area contributed by atoms with Gasteiger partial charge in [0.15, 0.2) is 5.65 Å². The SMILES string of the molecule is CC(C)(C)NC(=O)Nc1nc2nc(N)ncc2cc1-c1cc(Br)ccc1Cl. The fourth-order valence-electron chi connectivity index (χ4n) is 2.46. The molecule has 3 rings (SSSR count). The Morgan fingerprint density at radius 2 is 1.93 bits per heavy atom. The summed E-state index contributed by atoms with van der Waals surface area (Å²) in [4.78, 5) is 25.0. The number of anilines is 2. The van der Waals surface area contributed by atoms with Crippen molar-refractivity contribution in [2.75, 3.05) is 11.1 Å². The number of carbonyl (C=O) groups excluding carboxylic acids is 1. The van der Waals surface area contributed by atoms with Gasteiger partial charge in [0.25, 0.3) is 0 Å². The van der Waals surface area contributed by atoms with Crippen molar-refractivity contribution in [3.8, 4) is 11.1 Å². The molecule has 7 nitrogen and oxygen atoms in total. The highest BCUT2D eigenvalue weighted by atomic mass is 79.9. The van der Waals surface area contributed by atoms with Crippen LogP contribution in [0.3, 0.4) is 0 Å². The van der Waals surface area contributed by atoms with Gasteiger partial charge in [0, 0.05) is 37.7 Å². The molecule has 2 heterocycles. The van der Waals surface area contributed by atoms with E-state index in [9.17, 15) is 4.79 Å². The van der Waals surface area contributed by atoms with Gasteiger partial charge in [-0.1, -0.05) is 27.5 Å². The van der Waals surface area contributed by atoms with Gasteiger partial charge in [0.1, 0.15) is 5.82 Å². The maximum atomic E-state index is 12.4. The number of amides is 2. The van der Waals surface area contributed by atoms with E-state index in [1.165, 1.54) is 0 Å². The lowest BCUT2D eigenvalue weighted by Crippen LogP contribution is -2.43. The van der Waals surface area contributed by atoms with Gasteiger partial charge < -0.3 is 11.1 Å². The third-order valence-corrected chi connectivity index (χ3v) is 4.35. The second kappa shape index (κ2) is 7.28. The molecule has 4 N–H and O–H groups in total. The lowest BCUT2D eigenvalue weighted by atomic mass is 10.1. The second-order valence-electron chi connectivity index (χ2n) is 6.98. The van der Waals surface area contributed by atoms with Crippen LogP contribution in [0.15, 0.2) is 34.9 Å². The fraction of sp³-hybridized carbons (Fsp3) is 0.222. The van der Waals surface area contributed by atoms with Crippen molar-refractivity contribution in [3.05, 3.63) is 40.0 Å². The van der Waals surface area contributed by atoms with Crippen molar-refractivity contribution in [3.63, 3.8) is 0 Å². The summed E-state index contributed by atoms with van der Waals surface area (Å²) in [6.07, 6.45) is 1.58. The largest absolute Gasteiger partial charge is 0.368 e. The fourth-order valence-corrected chi connectivity index (χ4v) is 3.04. The maximum absolute atomic E-state index is 12.4. The molecule has 0 saturated heterocycles. The van der Waals surface area contributed by atoms with Crippen molar-refractivity contribution in [2.45, 2.75) is 26.3 Å². The molecule has 2 amide bonds. The molecule has 2 aromatic heterocycles. The summed E-state index contributed by atoms with van der Waals surface area (Å²) in [5, 5.41) is 6.83. The van der Waals surface area contributed by atoms with E-state index in [2.05, 4.69) is 41.5 Å². The van der Waals surface area contributed by atoms with E-state index in [-0.39, 0.29) is 12.0 Å². The number of urea groups is 1. The summed E-state index contributed by atoms with van der Waals surface area (Å²) < 4.78 is 0.848. The molecule has 0 aliphatic rings. The lowest BCUT2D eigenvalue weighted by molar-refractivity contribution is 0.243. The number of nitrogens with one attached hydrogen (secondary N) is 2. The van der Waals surface area contributed by atoms with E-state index in [1.54, 1.807) is 12.3 Å². The van der Waals surface area contributed by atoms with Gasteiger partial charge in [0.2, 0.25) is 5.95 Å². The van der Waals surface area contributed by atoms with Crippen molar-refractivity contribution in [1.82, 2.24) is 20.3 Å². The van der Waals surface area contributed by atoms with Gasteiger partial charge in [-0.3, -0.25) is 5.32 Å². The van der Waals surface area contributed by atoms with E-state index in [0.717, 1.165) is 4.47 Å². The van der Waals surface area contributed by atoms with Crippen LogP contribution in [-0.2, 0) is 0 Å². The van der Waals surface area contributed by atoms with Gasteiger partial charge in [-0.05, 0) is 45.0 Å². The highest BCUT2D eigenvalue weighted by Gasteiger charge is 2.18. The Bertz CT molecular complexity index is 1030. The van der Waals surface area contributed by atoms with Crippen molar-refractivity contribution < 1.29 is 4.79 Å². The molecule has 0 radical (unpaired) electrons. The van der Waals surface area contributed by atoms with Crippen LogP contribution in [0.25, 0.3) is 22.2 Å². The van der Waals surface area contributed by atoms with E-state index in [1.807, 2.05) is 39.0 Å². The zero-order valence-corrected chi connectivity index (χ0v) is 17.3. The number of aromatic nitrogens is 3. The predicted octanol–water partition coefficient (Wildman–Crippen LogP) is 4.61. The third kappa shape index (κ3) is 4.64. The number of rotatable bonds is 2. The number of hydrogen-bond acceptors (Lipinski definition) is 5. The van der Waals surface area contributed by atoms with Crippen LogP contribution in [0.4, 0.5) is 16.6 Å². The summed E-state index contributed by atoms with van der Waals surface area (Å²) in [7, 11) is 0. The number of fused-ring (bicyclic) bond motifs is 1. The summed E-state index contributed by atoms with van der Waals surface area (Å²) in [5.74, 6) is 0.427. The zero-order chi connectivity index (χ0) is 19.8. The van der Waals surface area contributed by atoms with Crippen LogP contribution in [0.2, 0.25) is 5.02 Å². The Morgan fingerprint density at radius 3 is 2.63 bits per heavy atom. The molecule has 0 saturated carbocycles. The summed E-state index contributed by atoms with van der Waals surface area (Å²) >= 11 is 9.84. The number of halogens is 2. The van der Waals surface area contributed by atoms with Crippen LogP contribution < -0.4 is 16.4 Å². The average molecular weight is 450 g/mol. The minimum Gasteiger partial charge on any atom is -0.368 e. The standard InChI is InChI=1S/C18H18BrClN6O/c1-18(2,3)26-17(27)25-15-12(11-7-10(19)4-5-13(11)20)6-9-8-22-16(21)24-14(9)23-15/h4-8H,1-3H3,(H4,21,22,23,24,25,26,27). The number of pyridine rings is 1. The lowest BCUT2D eigenvalue weighted by Gasteiger charge is -2.21. The topological polar surface area (TPSA) is 106 Å². The molecule has 0 fully saturated rings. The van der Waals surface area contributed by atoms with Gasteiger partial charge in [-0.2, -0.15) is 4.98 Å². The molecule has 0 aliphatic heterocycles. The molecule has 140 valence electrons. The van der Waals surface area contributed by atoms with Crippen LogP contribution in [0.5, 0.6) is 0 Å². The van der Waals surface area contributed by atoms with Crippen LogP contribution >= 0.6 is 27.5 Å². The van der Waals surface area contributed by atoms with Crippen molar-refractivity contribution >= 4 is 56.4 Å². The van der Waals surface area contributed by atoms with E-state index >= 15 is 0 Å². The highest BCUT2D eigenvalue weighted by Crippen LogP contribution is 2.36. The van der Waals surface area contributed by atoms with Crippen molar-refractivity contribution in [1.29, 1.82) is 0 Å². The first kappa shape index (κ1) is 19.3. The van der Waals surface area contributed by atoms with Crippen LogP contribution in [0, 0.1) is 0 Å². The summed E-state index contributed by atoms with van der Waals surface area (Å²) in [5.41, 5.74) is 6.99. The molecule has 3 aromatic rings. The smallest absolute Gasteiger partial charge is 0.320 e. The van der Waals surface area contributed by atoms with Gasteiger partial charge in [-0.25, -0.2) is 14.8 Å². The molecule has 0 bridgehead atoms. The molecule has 0 atom stereocenters.